The van der Waals surface area contributed by atoms with E-state index in [1.54, 1.807) is 10.7 Å². The van der Waals surface area contributed by atoms with Crippen molar-refractivity contribution in [2.75, 3.05) is 20.1 Å². The number of thiophene rings is 1. The van der Waals surface area contributed by atoms with Crippen LogP contribution in [0.3, 0.4) is 0 Å². The zero-order chi connectivity index (χ0) is 16.8. The van der Waals surface area contributed by atoms with Gasteiger partial charge in [0.05, 0.1) is 17.4 Å². The van der Waals surface area contributed by atoms with E-state index >= 15 is 0 Å². The van der Waals surface area contributed by atoms with Crippen LogP contribution in [0.15, 0.2) is 23.5 Å². The van der Waals surface area contributed by atoms with Crippen molar-refractivity contribution in [1.82, 2.24) is 25.0 Å². The molecule has 10 heteroatoms. The van der Waals surface area contributed by atoms with Gasteiger partial charge in [-0.15, -0.1) is 35.3 Å². The zero-order valence-electron chi connectivity index (χ0n) is 13.8. The van der Waals surface area contributed by atoms with Crippen LogP contribution in [0, 0.1) is 0 Å². The summed E-state index contributed by atoms with van der Waals surface area (Å²) in [4.78, 5) is 11.5. The average Bonchev–Trinajstić information content (AvgIpc) is 3.12. The van der Waals surface area contributed by atoms with Crippen molar-refractivity contribution in [3.05, 3.63) is 33.5 Å². The molecule has 0 amide bonds. The highest BCUT2D eigenvalue weighted by molar-refractivity contribution is 14.0. The van der Waals surface area contributed by atoms with Crippen LogP contribution in [0.2, 0.25) is 4.34 Å². The second-order valence-electron chi connectivity index (χ2n) is 5.01. The molecule has 0 aliphatic rings. The highest BCUT2D eigenvalue weighted by atomic mass is 127. The van der Waals surface area contributed by atoms with Gasteiger partial charge < -0.3 is 15.3 Å². The van der Waals surface area contributed by atoms with Crippen LogP contribution in [0.4, 0.5) is 0 Å². The van der Waals surface area contributed by atoms with Gasteiger partial charge in [-0.3, -0.25) is 9.67 Å². The van der Waals surface area contributed by atoms with Crippen LogP contribution in [0.5, 0.6) is 0 Å². The summed E-state index contributed by atoms with van der Waals surface area (Å²) in [5, 5.41) is 17.5. The van der Waals surface area contributed by atoms with Gasteiger partial charge in [0.1, 0.15) is 18.3 Å². The van der Waals surface area contributed by atoms with Gasteiger partial charge >= 0.3 is 0 Å². The number of rotatable bonds is 6. The molecule has 0 saturated heterocycles. The lowest BCUT2D eigenvalue weighted by molar-refractivity contribution is 0.190. The number of aliphatic hydroxyl groups is 1. The summed E-state index contributed by atoms with van der Waals surface area (Å²) in [5.41, 5.74) is 0. The highest BCUT2D eigenvalue weighted by Gasteiger charge is 2.13. The molecule has 7 nitrogen and oxygen atoms in total. The number of aliphatic hydroxyl groups excluding tert-OH is 1. The Labute approximate surface area is 167 Å². The fraction of sp³-hybridized carbons (Fsp3) is 0.500. The Balaban J connectivity index is 0.00000288. The molecule has 0 radical (unpaired) electrons. The number of aliphatic imine (C=N–C) groups is 1. The smallest absolute Gasteiger partial charge is 0.194 e. The molecule has 2 N–H and O–H groups in total. The highest BCUT2D eigenvalue weighted by Crippen LogP contribution is 2.26. The monoisotopic (exact) mass is 484 g/mol. The number of hydrogen-bond donors (Lipinski definition) is 2. The Hall–Kier alpha value is -0.910. The van der Waals surface area contributed by atoms with Gasteiger partial charge in [-0.1, -0.05) is 11.6 Å². The molecule has 2 aromatic heterocycles. The molecule has 0 spiro atoms. The van der Waals surface area contributed by atoms with Crippen molar-refractivity contribution in [2.24, 2.45) is 12.0 Å². The fourth-order valence-electron chi connectivity index (χ4n) is 1.99. The van der Waals surface area contributed by atoms with Crippen LogP contribution in [-0.4, -0.2) is 50.9 Å². The third kappa shape index (κ3) is 5.87. The van der Waals surface area contributed by atoms with E-state index in [9.17, 15) is 5.11 Å². The predicted octanol–water partition coefficient (Wildman–Crippen LogP) is 2.28. The summed E-state index contributed by atoms with van der Waals surface area (Å²) in [6, 6.07) is 3.60. The lowest BCUT2D eigenvalue weighted by Gasteiger charge is -2.21. The molecule has 0 bridgehead atoms. The molecule has 0 aliphatic carbocycles. The Morgan fingerprint density at radius 2 is 2.29 bits per heavy atom. The van der Waals surface area contributed by atoms with Crippen LogP contribution in [0.1, 0.15) is 23.7 Å². The van der Waals surface area contributed by atoms with Gasteiger partial charge in [0.2, 0.25) is 0 Å². The van der Waals surface area contributed by atoms with Crippen LogP contribution >= 0.6 is 46.9 Å². The summed E-state index contributed by atoms with van der Waals surface area (Å²) in [6.45, 7) is 3.58. The van der Waals surface area contributed by atoms with E-state index in [-0.39, 0.29) is 30.5 Å². The van der Waals surface area contributed by atoms with E-state index in [0.29, 0.717) is 16.8 Å². The molecule has 0 aromatic carbocycles. The summed E-state index contributed by atoms with van der Waals surface area (Å²) < 4.78 is 2.39. The SMILES string of the molecule is CCNC(=NCC(O)c1ccc(Cl)s1)N(C)Cc1ncnn1C.I. The molecule has 1 unspecified atom stereocenters. The van der Waals surface area contributed by atoms with Crippen molar-refractivity contribution in [3.8, 4) is 0 Å². The minimum Gasteiger partial charge on any atom is -0.386 e. The van der Waals surface area contributed by atoms with Crippen LogP contribution in [-0.2, 0) is 13.6 Å². The van der Waals surface area contributed by atoms with E-state index in [4.69, 9.17) is 11.6 Å². The molecule has 2 heterocycles. The van der Waals surface area contributed by atoms with E-state index in [0.717, 1.165) is 17.2 Å². The Morgan fingerprint density at radius 3 is 2.83 bits per heavy atom. The standard InChI is InChI=1S/C14H21ClN6OS.HI/c1-4-16-14(20(2)8-13-18-9-19-21(13)3)17-7-10(22)11-5-6-12(15)23-11;/h5-6,9-10,22H,4,7-8H2,1-3H3,(H,16,17);1H. The summed E-state index contributed by atoms with van der Waals surface area (Å²) in [5.74, 6) is 1.54. The number of nitrogens with zero attached hydrogens (tertiary/aromatic N) is 5. The minimum absolute atomic E-state index is 0. The lowest BCUT2D eigenvalue weighted by Crippen LogP contribution is -2.39. The van der Waals surface area contributed by atoms with E-state index in [1.165, 1.54) is 17.7 Å². The second kappa shape index (κ2) is 10.2. The molecule has 24 heavy (non-hydrogen) atoms. The summed E-state index contributed by atoms with van der Waals surface area (Å²) in [7, 11) is 3.77. The van der Waals surface area contributed by atoms with Gasteiger partial charge in [-0.25, -0.2) is 4.98 Å². The fourth-order valence-corrected chi connectivity index (χ4v) is 3.03. The van der Waals surface area contributed by atoms with Crippen molar-refractivity contribution in [2.45, 2.75) is 19.6 Å². The van der Waals surface area contributed by atoms with Crippen LogP contribution < -0.4 is 5.32 Å². The molecule has 134 valence electrons. The first-order valence-corrected chi connectivity index (χ1v) is 8.46. The molecular formula is C14H22ClIN6OS. The zero-order valence-corrected chi connectivity index (χ0v) is 17.7. The van der Waals surface area contributed by atoms with Crippen molar-refractivity contribution < 1.29 is 5.11 Å². The summed E-state index contributed by atoms with van der Waals surface area (Å²) in [6.07, 6.45) is 0.863. The molecule has 0 saturated carbocycles. The third-order valence-corrected chi connectivity index (χ3v) is 4.55. The first-order valence-electron chi connectivity index (χ1n) is 7.26. The number of guanidine groups is 1. The quantitative estimate of drug-likeness (QED) is 0.374. The number of aromatic nitrogens is 3. The van der Waals surface area contributed by atoms with Gasteiger partial charge in [0, 0.05) is 25.5 Å². The summed E-state index contributed by atoms with van der Waals surface area (Å²) >= 11 is 7.26. The molecule has 2 aromatic rings. The number of hydrogen-bond acceptors (Lipinski definition) is 5. The maximum absolute atomic E-state index is 10.2. The van der Waals surface area contributed by atoms with E-state index < -0.39 is 6.10 Å². The minimum atomic E-state index is -0.663. The van der Waals surface area contributed by atoms with Crippen LogP contribution in [0.25, 0.3) is 0 Å². The predicted molar refractivity (Wildman–Crippen MR) is 108 cm³/mol. The maximum Gasteiger partial charge on any atom is 0.194 e. The normalized spacial score (nSPS) is 12.6. The van der Waals surface area contributed by atoms with Crippen molar-refractivity contribution in [3.63, 3.8) is 0 Å². The third-order valence-electron chi connectivity index (χ3n) is 3.22. The first-order chi connectivity index (χ1) is 11.0. The Bertz CT molecular complexity index is 661. The lowest BCUT2D eigenvalue weighted by atomic mass is 10.3. The number of nitrogens with one attached hydrogen (secondary N) is 1. The van der Waals surface area contributed by atoms with Gasteiger partial charge in [0.15, 0.2) is 5.96 Å². The Kier molecular flexibility index (Phi) is 8.95. The number of aryl methyl sites for hydroxylation is 1. The largest absolute Gasteiger partial charge is 0.386 e. The molecule has 0 aliphatic heterocycles. The maximum atomic E-state index is 10.2. The molecule has 0 fully saturated rings. The topological polar surface area (TPSA) is 78.6 Å². The van der Waals surface area contributed by atoms with E-state index in [2.05, 4.69) is 20.4 Å². The number of halogens is 2. The molecular weight excluding hydrogens is 463 g/mol. The second-order valence-corrected chi connectivity index (χ2v) is 6.75. The Morgan fingerprint density at radius 1 is 1.54 bits per heavy atom. The molecule has 1 atom stereocenters. The van der Waals surface area contributed by atoms with E-state index in [1.807, 2.05) is 32.0 Å². The van der Waals surface area contributed by atoms with Gasteiger partial charge in [0.25, 0.3) is 0 Å². The van der Waals surface area contributed by atoms with Gasteiger partial charge in [-0.2, -0.15) is 5.10 Å². The van der Waals surface area contributed by atoms with Gasteiger partial charge in [-0.05, 0) is 19.1 Å². The molecule has 2 rings (SSSR count). The van der Waals surface area contributed by atoms with Crippen molar-refractivity contribution in [1.29, 1.82) is 0 Å². The first kappa shape index (κ1) is 21.1. The average molecular weight is 485 g/mol. The van der Waals surface area contributed by atoms with Crippen molar-refractivity contribution >= 4 is 52.9 Å².